The molecular formula is C21H28F3N5O. The summed E-state index contributed by atoms with van der Waals surface area (Å²) >= 11 is 0. The normalized spacial score (nSPS) is 11.8. The molecule has 1 heterocycles. The Bertz CT molecular complexity index is 797. The Morgan fingerprint density at radius 3 is 2.60 bits per heavy atom. The molecule has 2 aromatic rings. The Balaban J connectivity index is 1.73. The molecule has 0 saturated carbocycles. The molecule has 0 radical (unpaired) electrons. The van der Waals surface area contributed by atoms with Crippen LogP contribution in [0.15, 0.2) is 47.6 Å². The Morgan fingerprint density at radius 2 is 1.90 bits per heavy atom. The first-order chi connectivity index (χ1) is 14.4. The van der Waals surface area contributed by atoms with E-state index in [2.05, 4.69) is 25.9 Å². The zero-order chi connectivity index (χ0) is 21.8. The van der Waals surface area contributed by atoms with Gasteiger partial charge in [-0.05, 0) is 43.5 Å². The van der Waals surface area contributed by atoms with Gasteiger partial charge in [0.15, 0.2) is 12.6 Å². The number of aliphatic imine (C=N–C) groups is 1. The minimum Gasteiger partial charge on any atom is -0.484 e. The number of halogens is 3. The fourth-order valence-corrected chi connectivity index (χ4v) is 2.64. The molecule has 0 spiro atoms. The van der Waals surface area contributed by atoms with Gasteiger partial charge in [-0.15, -0.1) is 0 Å². The minimum absolute atomic E-state index is 0.218. The van der Waals surface area contributed by atoms with Crippen molar-refractivity contribution in [1.29, 1.82) is 0 Å². The Labute approximate surface area is 175 Å². The summed E-state index contributed by atoms with van der Waals surface area (Å²) in [6.45, 7) is 2.32. The summed E-state index contributed by atoms with van der Waals surface area (Å²) < 4.78 is 42.4. The summed E-state index contributed by atoms with van der Waals surface area (Å²) in [7, 11) is 1.65. The molecule has 1 aromatic carbocycles. The molecule has 0 bridgehead atoms. The van der Waals surface area contributed by atoms with E-state index in [1.165, 1.54) is 0 Å². The van der Waals surface area contributed by atoms with E-state index < -0.39 is 12.8 Å². The summed E-state index contributed by atoms with van der Waals surface area (Å²) in [4.78, 5) is 8.35. The first-order valence-electron chi connectivity index (χ1n) is 9.76. The Morgan fingerprint density at radius 1 is 1.10 bits per heavy atom. The first kappa shape index (κ1) is 23.3. The third kappa shape index (κ3) is 9.02. The number of guanidine groups is 1. The van der Waals surface area contributed by atoms with Crippen LogP contribution in [0, 0.1) is 6.92 Å². The molecule has 2 rings (SSSR count). The molecule has 0 aliphatic rings. The number of nitrogens with one attached hydrogen (secondary N) is 3. The molecular weight excluding hydrogens is 395 g/mol. The average Bonchev–Trinajstić information content (AvgIpc) is 2.72. The summed E-state index contributed by atoms with van der Waals surface area (Å²) in [5.41, 5.74) is 1.46. The lowest BCUT2D eigenvalue weighted by Gasteiger charge is -2.16. The molecule has 6 nitrogen and oxygen atoms in total. The summed E-state index contributed by atoms with van der Waals surface area (Å²) in [5.74, 6) is 1.65. The van der Waals surface area contributed by atoms with Crippen molar-refractivity contribution in [3.63, 3.8) is 0 Å². The fourth-order valence-electron chi connectivity index (χ4n) is 2.64. The summed E-state index contributed by atoms with van der Waals surface area (Å²) in [6, 6.07) is 10.9. The van der Waals surface area contributed by atoms with Gasteiger partial charge < -0.3 is 20.7 Å². The van der Waals surface area contributed by atoms with Crippen molar-refractivity contribution in [2.75, 3.05) is 32.1 Å². The Kier molecular flexibility index (Phi) is 9.24. The molecule has 0 saturated heterocycles. The third-order valence-electron chi connectivity index (χ3n) is 4.15. The van der Waals surface area contributed by atoms with Crippen LogP contribution in [0.1, 0.15) is 24.0 Å². The van der Waals surface area contributed by atoms with Crippen molar-refractivity contribution in [3.05, 3.63) is 53.7 Å². The molecule has 1 aromatic heterocycles. The van der Waals surface area contributed by atoms with Gasteiger partial charge in [-0.3, -0.25) is 4.99 Å². The van der Waals surface area contributed by atoms with Crippen LogP contribution in [0.4, 0.5) is 19.0 Å². The molecule has 30 heavy (non-hydrogen) atoms. The lowest BCUT2D eigenvalue weighted by atomic mass is 10.1. The van der Waals surface area contributed by atoms with Crippen LogP contribution >= 0.6 is 0 Å². The highest BCUT2D eigenvalue weighted by Crippen LogP contribution is 2.23. The zero-order valence-corrected chi connectivity index (χ0v) is 17.2. The molecule has 0 amide bonds. The maximum Gasteiger partial charge on any atom is 0.422 e. The van der Waals surface area contributed by atoms with Crippen molar-refractivity contribution in [2.45, 2.75) is 32.5 Å². The van der Waals surface area contributed by atoms with Crippen molar-refractivity contribution in [2.24, 2.45) is 4.99 Å². The minimum atomic E-state index is -4.38. The quantitative estimate of drug-likeness (QED) is 0.307. The number of unbranched alkanes of at least 4 members (excludes halogenated alkanes) is 1. The van der Waals surface area contributed by atoms with Crippen LogP contribution in [-0.4, -0.2) is 43.9 Å². The number of anilines is 1. The van der Waals surface area contributed by atoms with Gasteiger partial charge in [-0.1, -0.05) is 18.2 Å². The standard InChI is InChI=1S/C21H28F3N5O/c1-16-8-9-17(18(13-16)30-15-21(22,23)24)14-29-20(25-2)28-12-6-5-11-27-19-7-3-4-10-26-19/h3-4,7-10,13H,5-6,11-12,14-15H2,1-2H3,(H,26,27)(H2,25,28,29). The SMILES string of the molecule is CN=C(NCCCCNc1ccccn1)NCc1ccc(C)cc1OCC(F)(F)F. The number of ether oxygens (including phenoxy) is 1. The van der Waals surface area contributed by atoms with E-state index in [-0.39, 0.29) is 5.75 Å². The topological polar surface area (TPSA) is 70.6 Å². The molecule has 9 heteroatoms. The molecule has 0 fully saturated rings. The lowest BCUT2D eigenvalue weighted by Crippen LogP contribution is -2.37. The van der Waals surface area contributed by atoms with Crippen LogP contribution in [0.5, 0.6) is 5.75 Å². The van der Waals surface area contributed by atoms with E-state index in [0.717, 1.165) is 37.3 Å². The molecule has 0 unspecified atom stereocenters. The van der Waals surface area contributed by atoms with Gasteiger partial charge in [-0.2, -0.15) is 13.2 Å². The van der Waals surface area contributed by atoms with E-state index in [0.29, 0.717) is 18.1 Å². The predicted octanol–water partition coefficient (Wildman–Crippen LogP) is 3.89. The van der Waals surface area contributed by atoms with Crippen LogP contribution in [-0.2, 0) is 6.54 Å². The van der Waals surface area contributed by atoms with E-state index in [1.54, 1.807) is 32.3 Å². The number of rotatable bonds is 10. The van der Waals surface area contributed by atoms with E-state index in [1.807, 2.05) is 24.3 Å². The van der Waals surface area contributed by atoms with Gasteiger partial charge in [-0.25, -0.2) is 4.98 Å². The number of hydrogen-bond donors (Lipinski definition) is 3. The molecule has 164 valence electrons. The zero-order valence-electron chi connectivity index (χ0n) is 17.2. The van der Waals surface area contributed by atoms with E-state index in [4.69, 9.17) is 4.74 Å². The summed E-state index contributed by atoms with van der Waals surface area (Å²) in [6.07, 6.45) is -0.760. The maximum atomic E-state index is 12.5. The fraction of sp³-hybridized carbons (Fsp3) is 0.429. The number of pyridine rings is 1. The first-order valence-corrected chi connectivity index (χ1v) is 9.76. The van der Waals surface area contributed by atoms with Crippen molar-refractivity contribution in [1.82, 2.24) is 15.6 Å². The molecule has 3 N–H and O–H groups in total. The van der Waals surface area contributed by atoms with Crippen LogP contribution in [0.3, 0.4) is 0 Å². The number of benzene rings is 1. The number of aromatic nitrogens is 1. The van der Waals surface area contributed by atoms with Gasteiger partial charge in [0, 0.05) is 38.4 Å². The number of nitrogens with zero attached hydrogens (tertiary/aromatic N) is 2. The monoisotopic (exact) mass is 423 g/mol. The second-order valence-electron chi connectivity index (χ2n) is 6.72. The lowest BCUT2D eigenvalue weighted by molar-refractivity contribution is -0.153. The van der Waals surface area contributed by atoms with Crippen LogP contribution in [0.2, 0.25) is 0 Å². The van der Waals surface area contributed by atoms with Crippen molar-refractivity contribution < 1.29 is 17.9 Å². The predicted molar refractivity (Wildman–Crippen MR) is 113 cm³/mol. The van der Waals surface area contributed by atoms with Crippen molar-refractivity contribution >= 4 is 11.8 Å². The molecule has 0 aliphatic carbocycles. The second-order valence-corrected chi connectivity index (χ2v) is 6.72. The highest BCUT2D eigenvalue weighted by Gasteiger charge is 2.28. The summed E-state index contributed by atoms with van der Waals surface area (Å²) in [5, 5.41) is 9.56. The van der Waals surface area contributed by atoms with Gasteiger partial charge in [0.05, 0.1) is 0 Å². The van der Waals surface area contributed by atoms with Crippen LogP contribution in [0.25, 0.3) is 0 Å². The molecule has 0 aliphatic heterocycles. The van der Waals surface area contributed by atoms with Crippen LogP contribution < -0.4 is 20.7 Å². The maximum absolute atomic E-state index is 12.5. The highest BCUT2D eigenvalue weighted by atomic mass is 19.4. The van der Waals surface area contributed by atoms with Gasteiger partial charge in [0.1, 0.15) is 11.6 Å². The smallest absolute Gasteiger partial charge is 0.422 e. The second kappa shape index (κ2) is 11.9. The van der Waals surface area contributed by atoms with Crippen molar-refractivity contribution in [3.8, 4) is 5.75 Å². The third-order valence-corrected chi connectivity index (χ3v) is 4.15. The number of aryl methyl sites for hydroxylation is 1. The largest absolute Gasteiger partial charge is 0.484 e. The highest BCUT2D eigenvalue weighted by molar-refractivity contribution is 5.79. The van der Waals surface area contributed by atoms with Gasteiger partial charge >= 0.3 is 6.18 Å². The van der Waals surface area contributed by atoms with E-state index in [9.17, 15) is 13.2 Å². The van der Waals surface area contributed by atoms with Gasteiger partial charge in [0.25, 0.3) is 0 Å². The Hall–Kier alpha value is -2.97. The number of alkyl halides is 3. The van der Waals surface area contributed by atoms with Gasteiger partial charge in [0.2, 0.25) is 0 Å². The number of hydrogen-bond acceptors (Lipinski definition) is 4. The average molecular weight is 423 g/mol. The molecule has 0 atom stereocenters. The van der Waals surface area contributed by atoms with E-state index >= 15 is 0 Å².